The number of hydrogen-bond acceptors (Lipinski definition) is 2. The fourth-order valence-corrected chi connectivity index (χ4v) is 2.95. The Labute approximate surface area is 125 Å². The van der Waals surface area contributed by atoms with Crippen molar-refractivity contribution in [3.63, 3.8) is 0 Å². The van der Waals surface area contributed by atoms with Crippen LogP contribution >= 0.6 is 0 Å². The molecule has 0 radical (unpaired) electrons. The second kappa shape index (κ2) is 7.02. The molecule has 4 rings (SSSR count). The smallest absolute Gasteiger partial charge is 0.0650 e. The van der Waals surface area contributed by atoms with Crippen LogP contribution in [0.5, 0.6) is 0 Å². The number of fused-ring (bicyclic) bond motifs is 1. The largest absolute Gasteiger partial charge is 0.278 e. The number of H-pyrrole nitrogens is 1. The fraction of sp³-hybridized carbons (Fsp3) is 0.333. The topological polar surface area (TPSA) is 41.6 Å². The van der Waals surface area contributed by atoms with Gasteiger partial charge in [-0.15, -0.1) is 0 Å². The lowest BCUT2D eigenvalue weighted by atomic mass is 9.85. The second-order valence-corrected chi connectivity index (χ2v) is 5.57. The van der Waals surface area contributed by atoms with Gasteiger partial charge in [0.15, 0.2) is 0 Å². The van der Waals surface area contributed by atoms with Crippen molar-refractivity contribution in [2.75, 3.05) is 0 Å². The normalized spacial score (nSPS) is 15.4. The molecule has 0 atom stereocenters. The summed E-state index contributed by atoms with van der Waals surface area (Å²) in [4.78, 5) is 4.04. The van der Waals surface area contributed by atoms with Gasteiger partial charge in [0.05, 0.1) is 11.7 Å². The maximum absolute atomic E-state index is 4.04. The van der Waals surface area contributed by atoms with Gasteiger partial charge in [-0.3, -0.25) is 10.1 Å². The van der Waals surface area contributed by atoms with Crippen LogP contribution in [0.15, 0.2) is 55.0 Å². The van der Waals surface area contributed by atoms with E-state index in [0.29, 0.717) is 0 Å². The molecule has 0 spiro atoms. The van der Waals surface area contributed by atoms with Crippen LogP contribution in [-0.2, 0) is 0 Å². The summed E-state index contributed by atoms with van der Waals surface area (Å²) in [5, 5.41) is 7.91. The molecule has 0 aliphatic heterocycles. The molecule has 0 bridgehead atoms. The molecule has 0 amide bonds. The van der Waals surface area contributed by atoms with E-state index in [9.17, 15) is 0 Å². The molecule has 2 aromatic heterocycles. The lowest BCUT2D eigenvalue weighted by molar-refractivity contribution is 0.443. The minimum absolute atomic E-state index is 0.821. The van der Waals surface area contributed by atoms with Crippen LogP contribution in [0.2, 0.25) is 0 Å². The lowest BCUT2D eigenvalue weighted by Gasteiger charge is -2.21. The Morgan fingerprint density at radius 2 is 1.67 bits per heavy atom. The van der Waals surface area contributed by atoms with Gasteiger partial charge in [-0.2, -0.15) is 5.10 Å². The standard InChI is InChI=1S/C11H15N.C7H6N2/c1-2-4-10(5-3-1)11-6-8-12-9-7-11;1-2-4-7-6(3-1)5-8-9-7/h6-10H,1-5H2;1-5H,(H,8,9). The van der Waals surface area contributed by atoms with Crippen molar-refractivity contribution >= 4 is 10.9 Å². The number of rotatable bonds is 1. The van der Waals surface area contributed by atoms with Crippen molar-refractivity contribution in [3.8, 4) is 0 Å². The highest BCUT2D eigenvalue weighted by atomic mass is 15.1. The zero-order chi connectivity index (χ0) is 14.3. The molecule has 3 aromatic rings. The summed E-state index contributed by atoms with van der Waals surface area (Å²) < 4.78 is 0. The Morgan fingerprint density at radius 1 is 0.905 bits per heavy atom. The number of para-hydroxylation sites is 1. The number of benzene rings is 1. The highest BCUT2D eigenvalue weighted by molar-refractivity contribution is 5.77. The minimum Gasteiger partial charge on any atom is -0.278 e. The van der Waals surface area contributed by atoms with E-state index in [0.717, 1.165) is 16.8 Å². The average Bonchev–Trinajstić information content (AvgIpc) is 3.06. The molecule has 1 aromatic carbocycles. The van der Waals surface area contributed by atoms with Crippen molar-refractivity contribution in [1.82, 2.24) is 15.2 Å². The molecule has 3 nitrogen and oxygen atoms in total. The molecule has 1 fully saturated rings. The summed E-state index contributed by atoms with van der Waals surface area (Å²) in [6, 6.07) is 12.3. The summed E-state index contributed by atoms with van der Waals surface area (Å²) in [5.74, 6) is 0.821. The molecule has 108 valence electrons. The Hall–Kier alpha value is -2.16. The number of aromatic nitrogens is 3. The van der Waals surface area contributed by atoms with Gasteiger partial charge >= 0.3 is 0 Å². The molecule has 1 saturated carbocycles. The van der Waals surface area contributed by atoms with Crippen molar-refractivity contribution in [2.45, 2.75) is 38.0 Å². The lowest BCUT2D eigenvalue weighted by Crippen LogP contribution is -2.03. The molecule has 1 N–H and O–H groups in total. The zero-order valence-corrected chi connectivity index (χ0v) is 12.2. The van der Waals surface area contributed by atoms with E-state index >= 15 is 0 Å². The minimum atomic E-state index is 0.821. The first-order valence-electron chi connectivity index (χ1n) is 7.71. The predicted octanol–water partition coefficient (Wildman–Crippen LogP) is 4.69. The number of nitrogens with one attached hydrogen (secondary N) is 1. The van der Waals surface area contributed by atoms with Crippen molar-refractivity contribution in [1.29, 1.82) is 0 Å². The van der Waals surface area contributed by atoms with E-state index in [4.69, 9.17) is 0 Å². The highest BCUT2D eigenvalue weighted by Gasteiger charge is 2.14. The Bertz CT molecular complexity index is 624. The molecular weight excluding hydrogens is 258 g/mol. The van der Waals surface area contributed by atoms with E-state index in [2.05, 4.69) is 27.3 Å². The number of nitrogens with zero attached hydrogens (tertiary/aromatic N) is 2. The first-order chi connectivity index (χ1) is 10.4. The van der Waals surface area contributed by atoms with Crippen LogP contribution in [0, 0.1) is 0 Å². The Balaban J connectivity index is 0.000000131. The summed E-state index contributed by atoms with van der Waals surface area (Å²) in [6.07, 6.45) is 12.6. The third-order valence-electron chi connectivity index (χ3n) is 4.13. The molecule has 1 aliphatic carbocycles. The monoisotopic (exact) mass is 279 g/mol. The quantitative estimate of drug-likeness (QED) is 0.702. The zero-order valence-electron chi connectivity index (χ0n) is 12.2. The summed E-state index contributed by atoms with van der Waals surface area (Å²) >= 11 is 0. The maximum Gasteiger partial charge on any atom is 0.0650 e. The molecule has 1 aliphatic rings. The van der Waals surface area contributed by atoms with E-state index in [1.807, 2.05) is 42.9 Å². The molecule has 0 saturated heterocycles. The van der Waals surface area contributed by atoms with Gasteiger partial charge in [0.1, 0.15) is 0 Å². The van der Waals surface area contributed by atoms with Gasteiger partial charge in [-0.25, -0.2) is 0 Å². The van der Waals surface area contributed by atoms with Gasteiger partial charge in [0.25, 0.3) is 0 Å². The van der Waals surface area contributed by atoms with E-state index in [-0.39, 0.29) is 0 Å². The van der Waals surface area contributed by atoms with Crippen LogP contribution in [0.25, 0.3) is 10.9 Å². The maximum atomic E-state index is 4.04. The third-order valence-corrected chi connectivity index (χ3v) is 4.13. The Morgan fingerprint density at radius 3 is 2.43 bits per heavy atom. The van der Waals surface area contributed by atoms with E-state index in [1.165, 1.54) is 37.7 Å². The molecule has 0 unspecified atom stereocenters. The SMILES string of the molecule is c1cc(C2CCCCC2)ccn1.c1ccc2[nH]ncc2c1. The molecular formula is C18H21N3. The van der Waals surface area contributed by atoms with Crippen molar-refractivity contribution in [3.05, 3.63) is 60.6 Å². The van der Waals surface area contributed by atoms with Gasteiger partial charge < -0.3 is 0 Å². The summed E-state index contributed by atoms with van der Waals surface area (Å²) in [5.41, 5.74) is 2.59. The first-order valence-corrected chi connectivity index (χ1v) is 7.71. The van der Waals surface area contributed by atoms with Crippen LogP contribution in [-0.4, -0.2) is 15.2 Å². The van der Waals surface area contributed by atoms with Crippen molar-refractivity contribution < 1.29 is 0 Å². The van der Waals surface area contributed by atoms with Gasteiger partial charge in [0, 0.05) is 17.8 Å². The van der Waals surface area contributed by atoms with Gasteiger partial charge in [-0.1, -0.05) is 37.5 Å². The third kappa shape index (κ3) is 3.69. The van der Waals surface area contributed by atoms with E-state index in [1.54, 1.807) is 0 Å². The van der Waals surface area contributed by atoms with Crippen LogP contribution in [0.1, 0.15) is 43.6 Å². The van der Waals surface area contributed by atoms with Crippen LogP contribution in [0.3, 0.4) is 0 Å². The predicted molar refractivity (Wildman–Crippen MR) is 86.2 cm³/mol. The average molecular weight is 279 g/mol. The highest BCUT2D eigenvalue weighted by Crippen LogP contribution is 2.31. The summed E-state index contributed by atoms with van der Waals surface area (Å²) in [7, 11) is 0. The number of pyridine rings is 1. The van der Waals surface area contributed by atoms with E-state index < -0.39 is 0 Å². The van der Waals surface area contributed by atoms with Crippen molar-refractivity contribution in [2.24, 2.45) is 0 Å². The number of aromatic amines is 1. The molecule has 3 heteroatoms. The molecule has 21 heavy (non-hydrogen) atoms. The first kappa shape index (κ1) is 13.8. The second-order valence-electron chi connectivity index (χ2n) is 5.57. The van der Waals surface area contributed by atoms with Crippen LogP contribution < -0.4 is 0 Å². The van der Waals surface area contributed by atoms with Gasteiger partial charge in [0.2, 0.25) is 0 Å². The van der Waals surface area contributed by atoms with Gasteiger partial charge in [-0.05, 0) is 42.5 Å². The molecule has 2 heterocycles. The summed E-state index contributed by atoms with van der Waals surface area (Å²) in [6.45, 7) is 0. The fourth-order valence-electron chi connectivity index (χ4n) is 2.95. The Kier molecular flexibility index (Phi) is 4.62. The number of hydrogen-bond donors (Lipinski definition) is 1. The van der Waals surface area contributed by atoms with Crippen LogP contribution in [0.4, 0.5) is 0 Å².